The SMILES string of the molecule is CCCCCCCCC=CCCCCCCCCCC(=O)OCCCCCCCCCCCCCCCCCCCCCCCCCCCCCO. The minimum atomic E-state index is 0.0218. The van der Waals surface area contributed by atoms with Gasteiger partial charge in [0, 0.05) is 13.0 Å². The minimum Gasteiger partial charge on any atom is -0.466 e. The van der Waals surface area contributed by atoms with E-state index in [0.29, 0.717) is 19.6 Å². The Balaban J connectivity index is 3.16. The largest absolute Gasteiger partial charge is 0.466 e. The molecule has 0 aliphatic rings. The first-order chi connectivity index (χ1) is 25.8. The number of hydrogen-bond donors (Lipinski definition) is 1. The monoisotopic (exact) mass is 733 g/mol. The zero-order valence-corrected chi connectivity index (χ0v) is 35.7. The quantitative estimate of drug-likeness (QED) is 0.0385. The Morgan fingerprint density at radius 3 is 0.962 bits per heavy atom. The van der Waals surface area contributed by atoms with Crippen LogP contribution in [0.5, 0.6) is 0 Å². The molecular weight excluding hydrogens is 637 g/mol. The summed E-state index contributed by atoms with van der Waals surface area (Å²) in [5.74, 6) is 0.0218. The number of carbonyl (C=O) groups is 1. The van der Waals surface area contributed by atoms with Gasteiger partial charge in [0.15, 0.2) is 0 Å². The van der Waals surface area contributed by atoms with Crippen molar-refractivity contribution in [2.24, 2.45) is 0 Å². The second-order valence-corrected chi connectivity index (χ2v) is 16.5. The van der Waals surface area contributed by atoms with E-state index in [1.807, 2.05) is 0 Å². The van der Waals surface area contributed by atoms with Crippen molar-refractivity contribution in [3.8, 4) is 0 Å². The molecule has 0 aromatic heterocycles. The molecule has 0 unspecified atom stereocenters. The summed E-state index contributed by atoms with van der Waals surface area (Å²) in [7, 11) is 0. The van der Waals surface area contributed by atoms with Gasteiger partial charge in [0.2, 0.25) is 0 Å². The molecule has 1 N–H and O–H groups in total. The van der Waals surface area contributed by atoms with Crippen molar-refractivity contribution >= 4 is 5.97 Å². The van der Waals surface area contributed by atoms with Crippen molar-refractivity contribution in [1.82, 2.24) is 0 Å². The summed E-state index contributed by atoms with van der Waals surface area (Å²) in [6.07, 6.45) is 62.1. The van der Waals surface area contributed by atoms with Gasteiger partial charge in [-0.1, -0.05) is 244 Å². The molecule has 0 spiro atoms. The maximum Gasteiger partial charge on any atom is 0.305 e. The maximum absolute atomic E-state index is 12.0. The van der Waals surface area contributed by atoms with Crippen LogP contribution in [0.25, 0.3) is 0 Å². The standard InChI is InChI=1S/C49H96O3/c1-2-3-4-5-6-7-8-9-10-22-25-28-31-34-37-40-43-46-49(51)52-48-45-42-39-36-33-30-27-24-21-19-17-15-13-11-12-14-16-18-20-23-26-29-32-35-38-41-44-47-50/h9-10,50H,2-8,11-48H2,1H3. The molecule has 0 rings (SSSR count). The number of ether oxygens (including phenoxy) is 1. The van der Waals surface area contributed by atoms with Gasteiger partial charge in [-0.3, -0.25) is 4.79 Å². The molecule has 0 radical (unpaired) electrons. The Hall–Kier alpha value is -0.830. The van der Waals surface area contributed by atoms with Crippen LogP contribution in [0.4, 0.5) is 0 Å². The van der Waals surface area contributed by atoms with Crippen molar-refractivity contribution in [3.05, 3.63) is 12.2 Å². The number of carbonyl (C=O) groups excluding carboxylic acids is 1. The molecule has 310 valence electrons. The normalized spacial score (nSPS) is 11.7. The van der Waals surface area contributed by atoms with E-state index in [0.717, 1.165) is 19.3 Å². The van der Waals surface area contributed by atoms with Crippen molar-refractivity contribution in [1.29, 1.82) is 0 Å². The van der Waals surface area contributed by atoms with Crippen LogP contribution in [0.1, 0.15) is 283 Å². The van der Waals surface area contributed by atoms with E-state index < -0.39 is 0 Å². The van der Waals surface area contributed by atoms with Gasteiger partial charge in [-0.2, -0.15) is 0 Å². The lowest BCUT2D eigenvalue weighted by Gasteiger charge is -2.06. The minimum absolute atomic E-state index is 0.0218. The zero-order chi connectivity index (χ0) is 37.5. The van der Waals surface area contributed by atoms with E-state index >= 15 is 0 Å². The van der Waals surface area contributed by atoms with E-state index in [-0.39, 0.29) is 5.97 Å². The average Bonchev–Trinajstić information content (AvgIpc) is 3.15. The molecule has 0 saturated carbocycles. The van der Waals surface area contributed by atoms with Gasteiger partial charge in [0.05, 0.1) is 6.61 Å². The summed E-state index contributed by atoms with van der Waals surface area (Å²) in [5, 5.41) is 8.81. The van der Waals surface area contributed by atoms with Crippen molar-refractivity contribution in [2.75, 3.05) is 13.2 Å². The van der Waals surface area contributed by atoms with Crippen LogP contribution in [0.15, 0.2) is 12.2 Å². The smallest absolute Gasteiger partial charge is 0.305 e. The summed E-state index contributed by atoms with van der Waals surface area (Å²) in [4.78, 5) is 12.0. The third-order valence-electron chi connectivity index (χ3n) is 11.2. The number of esters is 1. The fraction of sp³-hybridized carbons (Fsp3) is 0.939. The fourth-order valence-corrected chi connectivity index (χ4v) is 7.59. The Bertz CT molecular complexity index is 673. The first-order valence-corrected chi connectivity index (χ1v) is 24.2. The number of unbranched alkanes of at least 4 members (excludes halogenated alkanes) is 39. The molecular formula is C49H96O3. The lowest BCUT2D eigenvalue weighted by Crippen LogP contribution is -2.05. The van der Waals surface area contributed by atoms with E-state index in [1.54, 1.807) is 0 Å². The fourth-order valence-electron chi connectivity index (χ4n) is 7.59. The summed E-state index contributed by atoms with van der Waals surface area (Å²) < 4.78 is 5.48. The van der Waals surface area contributed by atoms with Crippen LogP contribution < -0.4 is 0 Å². The third-order valence-corrected chi connectivity index (χ3v) is 11.2. The Kier molecular flexibility index (Phi) is 47.4. The second kappa shape index (κ2) is 48.2. The molecule has 3 heteroatoms. The number of aliphatic hydroxyl groups excluding tert-OH is 1. The van der Waals surface area contributed by atoms with Gasteiger partial charge in [0.25, 0.3) is 0 Å². The van der Waals surface area contributed by atoms with Gasteiger partial charge < -0.3 is 9.84 Å². The van der Waals surface area contributed by atoms with Crippen LogP contribution in [-0.2, 0) is 9.53 Å². The maximum atomic E-state index is 12.0. The zero-order valence-electron chi connectivity index (χ0n) is 35.7. The lowest BCUT2D eigenvalue weighted by atomic mass is 10.0. The first-order valence-electron chi connectivity index (χ1n) is 24.2. The first kappa shape index (κ1) is 51.2. The highest BCUT2D eigenvalue weighted by molar-refractivity contribution is 5.69. The highest BCUT2D eigenvalue weighted by Gasteiger charge is 2.03. The number of aliphatic hydroxyl groups is 1. The molecule has 0 bridgehead atoms. The Morgan fingerprint density at radius 1 is 0.365 bits per heavy atom. The molecule has 0 aliphatic carbocycles. The summed E-state index contributed by atoms with van der Waals surface area (Å²) >= 11 is 0. The van der Waals surface area contributed by atoms with Crippen LogP contribution in [0.2, 0.25) is 0 Å². The predicted octanol–water partition coefficient (Wildman–Crippen LogP) is 16.9. The topological polar surface area (TPSA) is 46.5 Å². The Morgan fingerprint density at radius 2 is 0.635 bits per heavy atom. The van der Waals surface area contributed by atoms with Crippen LogP contribution in [0, 0.1) is 0 Å². The molecule has 0 aliphatic heterocycles. The van der Waals surface area contributed by atoms with Crippen LogP contribution >= 0.6 is 0 Å². The number of rotatable bonds is 46. The molecule has 0 heterocycles. The second-order valence-electron chi connectivity index (χ2n) is 16.5. The van der Waals surface area contributed by atoms with E-state index in [1.165, 1.54) is 250 Å². The highest BCUT2D eigenvalue weighted by atomic mass is 16.5. The van der Waals surface area contributed by atoms with Gasteiger partial charge in [-0.05, 0) is 44.9 Å². The molecule has 3 nitrogen and oxygen atoms in total. The predicted molar refractivity (Wildman–Crippen MR) is 231 cm³/mol. The van der Waals surface area contributed by atoms with Crippen molar-refractivity contribution in [2.45, 2.75) is 283 Å². The third kappa shape index (κ3) is 47.2. The Labute approximate surface area is 328 Å². The molecule has 0 amide bonds. The molecule has 0 aromatic rings. The van der Waals surface area contributed by atoms with E-state index in [2.05, 4.69) is 19.1 Å². The number of allylic oxidation sites excluding steroid dienone is 2. The van der Waals surface area contributed by atoms with E-state index in [4.69, 9.17) is 9.84 Å². The summed E-state index contributed by atoms with van der Waals surface area (Å²) in [6, 6.07) is 0. The van der Waals surface area contributed by atoms with E-state index in [9.17, 15) is 4.79 Å². The molecule has 0 aromatic carbocycles. The van der Waals surface area contributed by atoms with Gasteiger partial charge >= 0.3 is 5.97 Å². The molecule has 52 heavy (non-hydrogen) atoms. The van der Waals surface area contributed by atoms with Gasteiger partial charge in [-0.15, -0.1) is 0 Å². The lowest BCUT2D eigenvalue weighted by molar-refractivity contribution is -0.143. The number of hydrogen-bond acceptors (Lipinski definition) is 3. The van der Waals surface area contributed by atoms with Crippen LogP contribution in [-0.4, -0.2) is 24.3 Å². The van der Waals surface area contributed by atoms with Gasteiger partial charge in [-0.25, -0.2) is 0 Å². The summed E-state index contributed by atoms with van der Waals surface area (Å²) in [5.41, 5.74) is 0. The van der Waals surface area contributed by atoms with Crippen molar-refractivity contribution < 1.29 is 14.6 Å². The average molecular weight is 733 g/mol. The van der Waals surface area contributed by atoms with Crippen molar-refractivity contribution in [3.63, 3.8) is 0 Å². The molecule has 0 fully saturated rings. The highest BCUT2D eigenvalue weighted by Crippen LogP contribution is 2.17. The van der Waals surface area contributed by atoms with Gasteiger partial charge in [0.1, 0.15) is 0 Å². The molecule has 0 saturated heterocycles. The summed E-state index contributed by atoms with van der Waals surface area (Å²) in [6.45, 7) is 3.28. The van der Waals surface area contributed by atoms with Crippen LogP contribution in [0.3, 0.4) is 0 Å². The molecule has 0 atom stereocenters.